The summed E-state index contributed by atoms with van der Waals surface area (Å²) in [6.45, 7) is 3.62. The van der Waals surface area contributed by atoms with E-state index in [1.165, 1.54) is 12.8 Å². The van der Waals surface area contributed by atoms with Crippen molar-refractivity contribution in [3.8, 4) is 0 Å². The van der Waals surface area contributed by atoms with Gasteiger partial charge < -0.3 is 15.0 Å². The summed E-state index contributed by atoms with van der Waals surface area (Å²) in [7, 11) is 3.55. The highest BCUT2D eigenvalue weighted by molar-refractivity contribution is 5.75. The van der Waals surface area contributed by atoms with Crippen molar-refractivity contribution in [2.45, 2.75) is 25.7 Å². The first-order chi connectivity index (χ1) is 7.70. The van der Waals surface area contributed by atoms with Crippen LogP contribution in [0.25, 0.3) is 0 Å². The number of carbonyl (C=O) groups excluding carboxylic acids is 1. The van der Waals surface area contributed by atoms with Crippen LogP contribution in [0.1, 0.15) is 25.7 Å². The molecule has 1 saturated heterocycles. The molecule has 1 heterocycles. The molecule has 0 radical (unpaired) electrons. The van der Waals surface area contributed by atoms with Gasteiger partial charge in [0.2, 0.25) is 5.91 Å². The van der Waals surface area contributed by atoms with Crippen LogP contribution in [0.2, 0.25) is 0 Å². The average molecular weight is 228 g/mol. The van der Waals surface area contributed by atoms with Crippen LogP contribution in [0, 0.1) is 5.92 Å². The zero-order valence-electron chi connectivity index (χ0n) is 10.5. The van der Waals surface area contributed by atoms with E-state index in [2.05, 4.69) is 5.32 Å². The molecule has 16 heavy (non-hydrogen) atoms. The highest BCUT2D eigenvalue weighted by Crippen LogP contribution is 2.13. The number of rotatable bonds is 6. The molecule has 0 aromatic rings. The third kappa shape index (κ3) is 5.47. The predicted molar refractivity (Wildman–Crippen MR) is 64.3 cm³/mol. The van der Waals surface area contributed by atoms with Crippen LogP contribution in [0.3, 0.4) is 0 Å². The normalized spacial score (nSPS) is 20.8. The minimum Gasteiger partial charge on any atom is -0.381 e. The van der Waals surface area contributed by atoms with Gasteiger partial charge in [-0.15, -0.1) is 0 Å². The smallest absolute Gasteiger partial charge is 0.224 e. The molecule has 0 saturated carbocycles. The van der Waals surface area contributed by atoms with Crippen molar-refractivity contribution in [1.29, 1.82) is 0 Å². The summed E-state index contributed by atoms with van der Waals surface area (Å²) in [5.74, 6) is 0.901. The summed E-state index contributed by atoms with van der Waals surface area (Å²) < 4.78 is 5.48. The third-order valence-corrected chi connectivity index (χ3v) is 3.03. The molecule has 0 aromatic heterocycles. The van der Waals surface area contributed by atoms with Gasteiger partial charge in [0.15, 0.2) is 0 Å². The van der Waals surface area contributed by atoms with E-state index in [0.717, 1.165) is 32.0 Å². The molecule has 94 valence electrons. The van der Waals surface area contributed by atoms with Gasteiger partial charge in [-0.3, -0.25) is 4.79 Å². The first kappa shape index (κ1) is 13.5. The Balaban J connectivity index is 1.93. The van der Waals surface area contributed by atoms with Crippen molar-refractivity contribution in [3.63, 3.8) is 0 Å². The number of ether oxygens (including phenoxy) is 1. The van der Waals surface area contributed by atoms with Gasteiger partial charge in [0.05, 0.1) is 13.0 Å². The standard InChI is InChI=1S/C12H24N2O2/c1-14(2)12(15)6-9-16-8-5-11-4-3-7-13-10-11/h11,13H,3-10H2,1-2H3. The maximum atomic E-state index is 11.2. The quantitative estimate of drug-likeness (QED) is 0.686. The van der Waals surface area contributed by atoms with E-state index in [-0.39, 0.29) is 5.91 Å². The summed E-state index contributed by atoms with van der Waals surface area (Å²) >= 11 is 0. The summed E-state index contributed by atoms with van der Waals surface area (Å²) in [5, 5.41) is 3.39. The lowest BCUT2D eigenvalue weighted by atomic mass is 9.97. The zero-order chi connectivity index (χ0) is 11.8. The molecule has 1 unspecified atom stereocenters. The number of hydrogen-bond donors (Lipinski definition) is 1. The lowest BCUT2D eigenvalue weighted by Gasteiger charge is -2.22. The summed E-state index contributed by atoms with van der Waals surface area (Å²) in [4.78, 5) is 12.8. The second-order valence-corrected chi connectivity index (χ2v) is 4.65. The van der Waals surface area contributed by atoms with Gasteiger partial charge in [0.25, 0.3) is 0 Å². The SMILES string of the molecule is CN(C)C(=O)CCOCCC1CCCNC1. The molecule has 0 bridgehead atoms. The Morgan fingerprint density at radius 3 is 2.88 bits per heavy atom. The van der Waals surface area contributed by atoms with E-state index in [4.69, 9.17) is 4.74 Å². The van der Waals surface area contributed by atoms with Crippen molar-refractivity contribution >= 4 is 5.91 Å². The lowest BCUT2D eigenvalue weighted by molar-refractivity contribution is -0.129. The first-order valence-electron chi connectivity index (χ1n) is 6.18. The molecular weight excluding hydrogens is 204 g/mol. The molecule has 1 atom stereocenters. The van der Waals surface area contributed by atoms with Crippen LogP contribution in [0.5, 0.6) is 0 Å². The van der Waals surface area contributed by atoms with E-state index in [0.29, 0.717) is 13.0 Å². The third-order valence-electron chi connectivity index (χ3n) is 3.03. The molecule has 1 aliphatic heterocycles. The highest BCUT2D eigenvalue weighted by atomic mass is 16.5. The maximum Gasteiger partial charge on any atom is 0.224 e. The monoisotopic (exact) mass is 228 g/mol. The van der Waals surface area contributed by atoms with Gasteiger partial charge in [-0.2, -0.15) is 0 Å². The van der Waals surface area contributed by atoms with Gasteiger partial charge in [-0.25, -0.2) is 0 Å². The fourth-order valence-electron chi connectivity index (χ4n) is 1.91. The number of nitrogens with zero attached hydrogens (tertiary/aromatic N) is 1. The zero-order valence-corrected chi connectivity index (χ0v) is 10.5. The summed E-state index contributed by atoms with van der Waals surface area (Å²) in [6.07, 6.45) is 4.20. The molecule has 1 aliphatic rings. The summed E-state index contributed by atoms with van der Waals surface area (Å²) in [5.41, 5.74) is 0. The molecule has 1 N–H and O–H groups in total. The van der Waals surface area contributed by atoms with E-state index in [9.17, 15) is 4.79 Å². The Hall–Kier alpha value is -0.610. The summed E-state index contributed by atoms with van der Waals surface area (Å²) in [6, 6.07) is 0. The van der Waals surface area contributed by atoms with Crippen LogP contribution < -0.4 is 5.32 Å². The molecule has 4 heteroatoms. The molecule has 1 amide bonds. The van der Waals surface area contributed by atoms with Crippen LogP contribution in [0.15, 0.2) is 0 Å². The van der Waals surface area contributed by atoms with E-state index >= 15 is 0 Å². The number of amides is 1. The highest BCUT2D eigenvalue weighted by Gasteiger charge is 2.12. The molecule has 0 aliphatic carbocycles. The Morgan fingerprint density at radius 1 is 1.44 bits per heavy atom. The average Bonchev–Trinajstić information content (AvgIpc) is 2.29. The fraction of sp³-hybridized carbons (Fsp3) is 0.917. The Morgan fingerprint density at radius 2 is 2.25 bits per heavy atom. The van der Waals surface area contributed by atoms with Crippen molar-refractivity contribution in [3.05, 3.63) is 0 Å². The first-order valence-corrected chi connectivity index (χ1v) is 6.18. The van der Waals surface area contributed by atoms with Gasteiger partial charge in [-0.05, 0) is 38.3 Å². The molecule has 0 spiro atoms. The Kier molecular flexibility index (Phi) is 6.42. The van der Waals surface area contributed by atoms with Crippen LogP contribution in [-0.4, -0.2) is 51.2 Å². The Labute approximate surface area is 98.3 Å². The Bertz CT molecular complexity index is 201. The number of hydrogen-bond acceptors (Lipinski definition) is 3. The molecule has 0 aromatic carbocycles. The molecular formula is C12H24N2O2. The van der Waals surface area contributed by atoms with Crippen molar-refractivity contribution < 1.29 is 9.53 Å². The van der Waals surface area contributed by atoms with Crippen molar-refractivity contribution in [1.82, 2.24) is 10.2 Å². The van der Waals surface area contributed by atoms with Gasteiger partial charge >= 0.3 is 0 Å². The van der Waals surface area contributed by atoms with Crippen molar-refractivity contribution in [2.24, 2.45) is 5.92 Å². The fourth-order valence-corrected chi connectivity index (χ4v) is 1.91. The van der Waals surface area contributed by atoms with Gasteiger partial charge in [0.1, 0.15) is 0 Å². The van der Waals surface area contributed by atoms with Crippen LogP contribution in [-0.2, 0) is 9.53 Å². The lowest BCUT2D eigenvalue weighted by Crippen LogP contribution is -2.30. The number of piperidine rings is 1. The van der Waals surface area contributed by atoms with E-state index in [1.54, 1.807) is 19.0 Å². The van der Waals surface area contributed by atoms with Crippen molar-refractivity contribution in [2.75, 3.05) is 40.4 Å². The number of carbonyl (C=O) groups is 1. The van der Waals surface area contributed by atoms with Crippen LogP contribution in [0.4, 0.5) is 0 Å². The number of nitrogens with one attached hydrogen (secondary N) is 1. The second kappa shape index (κ2) is 7.63. The van der Waals surface area contributed by atoms with E-state index < -0.39 is 0 Å². The van der Waals surface area contributed by atoms with Gasteiger partial charge in [0, 0.05) is 20.7 Å². The minimum atomic E-state index is 0.138. The molecule has 1 rings (SSSR count). The largest absolute Gasteiger partial charge is 0.381 e. The topological polar surface area (TPSA) is 41.6 Å². The predicted octanol–water partition coefficient (Wildman–Crippen LogP) is 0.871. The minimum absolute atomic E-state index is 0.138. The molecule has 1 fully saturated rings. The maximum absolute atomic E-state index is 11.2. The molecule has 4 nitrogen and oxygen atoms in total. The van der Waals surface area contributed by atoms with E-state index in [1.807, 2.05) is 0 Å². The second-order valence-electron chi connectivity index (χ2n) is 4.65. The van der Waals surface area contributed by atoms with Gasteiger partial charge in [-0.1, -0.05) is 0 Å². The van der Waals surface area contributed by atoms with Crippen LogP contribution >= 0.6 is 0 Å².